The third-order valence-electron chi connectivity index (χ3n) is 5.75. The topological polar surface area (TPSA) is 97.0 Å². The smallest absolute Gasteiger partial charge is 0.313 e. The molecule has 3 amide bonds. The minimum atomic E-state index is -0.746. The zero-order valence-corrected chi connectivity index (χ0v) is 17.9. The van der Waals surface area contributed by atoms with E-state index in [1.807, 2.05) is 0 Å². The summed E-state index contributed by atoms with van der Waals surface area (Å²) in [6, 6.07) is 6.79. The molecule has 0 aromatic heterocycles. The van der Waals surface area contributed by atoms with Gasteiger partial charge in [0, 0.05) is 19.1 Å². The van der Waals surface area contributed by atoms with Gasteiger partial charge in [-0.2, -0.15) is 0 Å². The van der Waals surface area contributed by atoms with E-state index < -0.39 is 11.8 Å². The standard InChI is InChI=1S/C22H31N3O5/c1-22(2,3)15-12-16(13-15)23-20(27)21(28)24-17-6-4-5-7-18(17)30-14-19(26)25-8-10-29-11-9-25/h4-7,15-16H,8-14H2,1-3H3,(H,23,27)(H,24,28). The largest absolute Gasteiger partial charge is 0.482 e. The molecule has 1 aliphatic carbocycles. The number of carbonyl (C=O) groups is 3. The van der Waals surface area contributed by atoms with Crippen molar-refractivity contribution in [3.05, 3.63) is 24.3 Å². The average molecular weight is 418 g/mol. The molecular weight excluding hydrogens is 386 g/mol. The Hall–Kier alpha value is -2.61. The van der Waals surface area contributed by atoms with Crippen LogP contribution in [0, 0.1) is 11.3 Å². The highest BCUT2D eigenvalue weighted by Gasteiger charge is 2.38. The minimum Gasteiger partial charge on any atom is -0.482 e. The monoisotopic (exact) mass is 417 g/mol. The van der Waals surface area contributed by atoms with Crippen LogP contribution in [-0.2, 0) is 19.1 Å². The van der Waals surface area contributed by atoms with Crippen molar-refractivity contribution < 1.29 is 23.9 Å². The maximum atomic E-state index is 12.3. The molecule has 1 aromatic carbocycles. The minimum absolute atomic E-state index is 0.0325. The molecule has 0 spiro atoms. The first-order valence-electron chi connectivity index (χ1n) is 10.4. The molecule has 1 aliphatic heterocycles. The zero-order valence-electron chi connectivity index (χ0n) is 17.9. The number of ether oxygens (including phenoxy) is 2. The van der Waals surface area contributed by atoms with E-state index in [1.165, 1.54) is 0 Å². The van der Waals surface area contributed by atoms with E-state index in [1.54, 1.807) is 29.2 Å². The van der Waals surface area contributed by atoms with E-state index in [9.17, 15) is 14.4 Å². The SMILES string of the molecule is CC(C)(C)C1CC(NC(=O)C(=O)Nc2ccccc2OCC(=O)N2CCOCC2)C1. The fourth-order valence-corrected chi connectivity index (χ4v) is 3.61. The van der Waals surface area contributed by atoms with Gasteiger partial charge in [-0.15, -0.1) is 0 Å². The van der Waals surface area contributed by atoms with Gasteiger partial charge in [0.25, 0.3) is 5.91 Å². The molecular formula is C22H31N3O5. The van der Waals surface area contributed by atoms with Crippen molar-refractivity contribution >= 4 is 23.4 Å². The summed E-state index contributed by atoms with van der Waals surface area (Å²) in [5.41, 5.74) is 0.562. The lowest BCUT2D eigenvalue weighted by Crippen LogP contribution is -2.50. The van der Waals surface area contributed by atoms with Crippen LogP contribution in [0.15, 0.2) is 24.3 Å². The number of anilines is 1. The molecule has 30 heavy (non-hydrogen) atoms. The van der Waals surface area contributed by atoms with Crippen LogP contribution in [0.5, 0.6) is 5.75 Å². The predicted molar refractivity (Wildman–Crippen MR) is 112 cm³/mol. The van der Waals surface area contributed by atoms with Crippen molar-refractivity contribution in [3.8, 4) is 5.75 Å². The number of nitrogens with zero attached hydrogens (tertiary/aromatic N) is 1. The lowest BCUT2D eigenvalue weighted by atomic mass is 9.66. The quantitative estimate of drug-likeness (QED) is 0.712. The number of hydrogen-bond acceptors (Lipinski definition) is 5. The first kappa shape index (κ1) is 22.1. The number of nitrogens with one attached hydrogen (secondary N) is 2. The summed E-state index contributed by atoms with van der Waals surface area (Å²) in [6.07, 6.45) is 1.76. The highest BCUT2D eigenvalue weighted by atomic mass is 16.5. The van der Waals surface area contributed by atoms with Crippen molar-refractivity contribution in [2.75, 3.05) is 38.2 Å². The lowest BCUT2D eigenvalue weighted by Gasteiger charge is -2.43. The number of morpholine rings is 1. The number of hydrogen-bond donors (Lipinski definition) is 2. The van der Waals surface area contributed by atoms with Gasteiger partial charge in [0.05, 0.1) is 18.9 Å². The van der Waals surface area contributed by atoms with Gasteiger partial charge in [-0.05, 0) is 36.3 Å². The second kappa shape index (κ2) is 9.47. The molecule has 8 nitrogen and oxygen atoms in total. The molecule has 0 unspecified atom stereocenters. The first-order chi connectivity index (χ1) is 14.2. The van der Waals surface area contributed by atoms with E-state index >= 15 is 0 Å². The van der Waals surface area contributed by atoms with Crippen molar-refractivity contribution in [2.24, 2.45) is 11.3 Å². The molecule has 2 fully saturated rings. The van der Waals surface area contributed by atoms with Crippen molar-refractivity contribution in [3.63, 3.8) is 0 Å². The highest BCUT2D eigenvalue weighted by molar-refractivity contribution is 6.39. The molecule has 3 rings (SSSR count). The van der Waals surface area contributed by atoms with Crippen molar-refractivity contribution in [1.82, 2.24) is 10.2 Å². The molecule has 2 N–H and O–H groups in total. The van der Waals surface area contributed by atoms with Gasteiger partial charge in [0.1, 0.15) is 5.75 Å². The molecule has 1 saturated heterocycles. The number of para-hydroxylation sites is 2. The normalized spacial score (nSPS) is 21.4. The third kappa shape index (κ3) is 5.72. The molecule has 8 heteroatoms. The van der Waals surface area contributed by atoms with Crippen LogP contribution in [-0.4, -0.2) is 61.6 Å². The van der Waals surface area contributed by atoms with E-state index in [0.717, 1.165) is 12.8 Å². The molecule has 164 valence electrons. The predicted octanol–water partition coefficient (Wildman–Crippen LogP) is 1.80. The summed E-state index contributed by atoms with van der Waals surface area (Å²) in [7, 11) is 0. The Bertz CT molecular complexity index is 777. The third-order valence-corrected chi connectivity index (χ3v) is 5.75. The number of carbonyl (C=O) groups excluding carboxylic acids is 3. The van der Waals surface area contributed by atoms with Crippen molar-refractivity contribution in [2.45, 2.75) is 39.7 Å². The average Bonchev–Trinajstić information content (AvgIpc) is 2.69. The molecule has 1 saturated carbocycles. The first-order valence-corrected chi connectivity index (χ1v) is 10.4. The van der Waals surface area contributed by atoms with E-state index in [4.69, 9.17) is 9.47 Å². The molecule has 0 atom stereocenters. The molecule has 1 heterocycles. The Morgan fingerprint density at radius 1 is 1.10 bits per heavy atom. The van der Waals surface area contributed by atoms with Crippen LogP contribution >= 0.6 is 0 Å². The van der Waals surface area contributed by atoms with E-state index in [2.05, 4.69) is 31.4 Å². The number of amides is 3. The Balaban J connectivity index is 1.49. The summed E-state index contributed by atoms with van der Waals surface area (Å²) in [4.78, 5) is 38.5. The summed E-state index contributed by atoms with van der Waals surface area (Å²) in [5, 5.41) is 5.37. The van der Waals surface area contributed by atoms with E-state index in [0.29, 0.717) is 43.7 Å². The molecule has 1 aromatic rings. The molecule has 0 radical (unpaired) electrons. The lowest BCUT2D eigenvalue weighted by molar-refractivity contribution is -0.137. The maximum absolute atomic E-state index is 12.3. The van der Waals surface area contributed by atoms with Gasteiger partial charge < -0.3 is 25.0 Å². The summed E-state index contributed by atoms with van der Waals surface area (Å²) in [6.45, 7) is 8.52. The number of rotatable bonds is 5. The summed E-state index contributed by atoms with van der Waals surface area (Å²) in [5.74, 6) is -0.660. The maximum Gasteiger partial charge on any atom is 0.313 e. The summed E-state index contributed by atoms with van der Waals surface area (Å²) >= 11 is 0. The molecule has 0 bridgehead atoms. The van der Waals surface area contributed by atoms with Crippen LogP contribution in [0.1, 0.15) is 33.6 Å². The van der Waals surface area contributed by atoms with Gasteiger partial charge in [-0.1, -0.05) is 32.9 Å². The Kier molecular flexibility index (Phi) is 6.97. The number of benzene rings is 1. The van der Waals surface area contributed by atoms with Gasteiger partial charge >= 0.3 is 11.8 Å². The van der Waals surface area contributed by atoms with Gasteiger partial charge in [-0.3, -0.25) is 14.4 Å². The van der Waals surface area contributed by atoms with Gasteiger partial charge in [0.2, 0.25) is 0 Å². The molecule has 2 aliphatic rings. The highest BCUT2D eigenvalue weighted by Crippen LogP contribution is 2.41. The Morgan fingerprint density at radius 2 is 1.77 bits per heavy atom. The fraction of sp³-hybridized carbons (Fsp3) is 0.591. The van der Waals surface area contributed by atoms with E-state index in [-0.39, 0.29) is 24.0 Å². The van der Waals surface area contributed by atoms with Crippen LogP contribution in [0.4, 0.5) is 5.69 Å². The second-order valence-corrected chi connectivity index (χ2v) is 8.94. The zero-order chi connectivity index (χ0) is 21.7. The van der Waals surface area contributed by atoms with Crippen LogP contribution in [0.3, 0.4) is 0 Å². The van der Waals surface area contributed by atoms with Gasteiger partial charge in [-0.25, -0.2) is 0 Å². The van der Waals surface area contributed by atoms with Gasteiger partial charge in [0.15, 0.2) is 6.61 Å². The fourth-order valence-electron chi connectivity index (χ4n) is 3.61. The van der Waals surface area contributed by atoms with Crippen LogP contribution < -0.4 is 15.4 Å². The Morgan fingerprint density at radius 3 is 2.43 bits per heavy atom. The van der Waals surface area contributed by atoms with Crippen LogP contribution in [0.25, 0.3) is 0 Å². The second-order valence-electron chi connectivity index (χ2n) is 8.94. The van der Waals surface area contributed by atoms with Crippen molar-refractivity contribution in [1.29, 1.82) is 0 Å². The summed E-state index contributed by atoms with van der Waals surface area (Å²) < 4.78 is 10.9. The van der Waals surface area contributed by atoms with Crippen LogP contribution in [0.2, 0.25) is 0 Å². The Labute approximate surface area is 177 Å².